The molecule has 0 heterocycles. The van der Waals surface area contributed by atoms with Crippen LogP contribution in [0.15, 0.2) is 18.2 Å². The summed E-state index contributed by atoms with van der Waals surface area (Å²) in [6.45, 7) is 1.30. The fourth-order valence-electron chi connectivity index (χ4n) is 2.19. The third kappa shape index (κ3) is 5.73. The minimum absolute atomic E-state index is 0.141. The molecule has 0 bridgehead atoms. The fourth-order valence-corrected chi connectivity index (χ4v) is 2.19. The van der Waals surface area contributed by atoms with Crippen molar-refractivity contribution in [1.82, 2.24) is 4.90 Å². The molecule has 0 unspecified atom stereocenters. The molecule has 0 aliphatic carbocycles. The van der Waals surface area contributed by atoms with Gasteiger partial charge in [-0.3, -0.25) is 9.59 Å². The summed E-state index contributed by atoms with van der Waals surface area (Å²) in [6.07, 6.45) is 0.819. The Kier molecular flexibility index (Phi) is 8.64. The number of methoxy groups -OCH3 is 4. The fraction of sp³-hybridized carbons (Fsp3) is 0.529. The summed E-state index contributed by atoms with van der Waals surface area (Å²) in [5.74, 6) is 0.491. The van der Waals surface area contributed by atoms with Crippen molar-refractivity contribution >= 4 is 11.9 Å². The number of rotatable bonds is 10. The highest BCUT2D eigenvalue weighted by Crippen LogP contribution is 2.28. The van der Waals surface area contributed by atoms with Crippen molar-refractivity contribution in [3.63, 3.8) is 0 Å². The lowest BCUT2D eigenvalue weighted by atomic mass is 10.1. The van der Waals surface area contributed by atoms with E-state index in [4.69, 9.17) is 14.2 Å². The molecule has 0 aliphatic rings. The van der Waals surface area contributed by atoms with Crippen molar-refractivity contribution in [2.75, 3.05) is 48.1 Å². The topological polar surface area (TPSA) is 74.3 Å². The molecule has 0 radical (unpaired) electrons. The third-order valence-corrected chi connectivity index (χ3v) is 3.51. The minimum Gasteiger partial charge on any atom is -0.493 e. The SMILES string of the molecule is COCCCN(CCC(=O)OC)C(=O)c1ccc(OC)c(OC)c1. The maximum absolute atomic E-state index is 12.7. The van der Waals surface area contributed by atoms with Gasteiger partial charge in [0.25, 0.3) is 5.91 Å². The number of carbonyl (C=O) groups is 2. The maximum Gasteiger partial charge on any atom is 0.307 e. The molecule has 0 saturated carbocycles. The second kappa shape index (κ2) is 10.5. The van der Waals surface area contributed by atoms with E-state index in [0.29, 0.717) is 36.6 Å². The van der Waals surface area contributed by atoms with E-state index in [0.717, 1.165) is 0 Å². The highest BCUT2D eigenvalue weighted by atomic mass is 16.5. The van der Waals surface area contributed by atoms with Gasteiger partial charge >= 0.3 is 5.97 Å². The predicted molar refractivity (Wildman–Crippen MR) is 88.6 cm³/mol. The van der Waals surface area contributed by atoms with E-state index in [1.807, 2.05) is 0 Å². The monoisotopic (exact) mass is 339 g/mol. The molecule has 7 heteroatoms. The third-order valence-electron chi connectivity index (χ3n) is 3.51. The van der Waals surface area contributed by atoms with Crippen LogP contribution in [0.25, 0.3) is 0 Å². The number of esters is 1. The summed E-state index contributed by atoms with van der Waals surface area (Å²) in [4.78, 5) is 25.7. The molecule has 0 saturated heterocycles. The minimum atomic E-state index is -0.355. The van der Waals surface area contributed by atoms with Crippen LogP contribution in [0.3, 0.4) is 0 Å². The summed E-state index contributed by atoms with van der Waals surface area (Å²) >= 11 is 0. The van der Waals surface area contributed by atoms with Crippen molar-refractivity contribution in [3.05, 3.63) is 23.8 Å². The van der Waals surface area contributed by atoms with Crippen LogP contribution >= 0.6 is 0 Å². The van der Waals surface area contributed by atoms with Crippen LogP contribution in [0, 0.1) is 0 Å². The summed E-state index contributed by atoms with van der Waals surface area (Å²) in [7, 11) is 5.98. The van der Waals surface area contributed by atoms with Crippen LogP contribution < -0.4 is 9.47 Å². The standard InChI is InChI=1S/C17H25NO6/c1-21-11-5-9-18(10-8-16(19)24-4)17(20)13-6-7-14(22-2)15(12-13)23-3/h6-7,12H,5,8-11H2,1-4H3. The first kappa shape index (κ1) is 19.8. The number of hydrogen-bond acceptors (Lipinski definition) is 6. The smallest absolute Gasteiger partial charge is 0.307 e. The first-order valence-corrected chi connectivity index (χ1v) is 7.64. The van der Waals surface area contributed by atoms with Gasteiger partial charge in [-0.25, -0.2) is 0 Å². The van der Waals surface area contributed by atoms with Crippen LogP contribution in [0.2, 0.25) is 0 Å². The summed E-state index contributed by atoms with van der Waals surface area (Å²) in [5.41, 5.74) is 0.468. The largest absolute Gasteiger partial charge is 0.493 e. The lowest BCUT2D eigenvalue weighted by Gasteiger charge is -2.22. The van der Waals surface area contributed by atoms with E-state index < -0.39 is 0 Å². The Bertz CT molecular complexity index is 546. The van der Waals surface area contributed by atoms with Gasteiger partial charge in [0, 0.05) is 32.4 Å². The molecule has 134 valence electrons. The van der Waals surface area contributed by atoms with Gasteiger partial charge in [0.2, 0.25) is 0 Å². The molecule has 0 spiro atoms. The molecule has 7 nitrogen and oxygen atoms in total. The molecule has 1 aromatic carbocycles. The molecule has 0 aliphatic heterocycles. The van der Waals surface area contributed by atoms with Gasteiger partial charge in [0.1, 0.15) is 0 Å². The Balaban J connectivity index is 2.90. The van der Waals surface area contributed by atoms with E-state index in [1.54, 1.807) is 30.2 Å². The Hall–Kier alpha value is -2.28. The predicted octanol–water partition coefficient (Wildman–Crippen LogP) is 1.75. The number of nitrogens with zero attached hydrogens (tertiary/aromatic N) is 1. The van der Waals surface area contributed by atoms with E-state index in [-0.39, 0.29) is 24.8 Å². The molecule has 0 aromatic heterocycles. The molecule has 24 heavy (non-hydrogen) atoms. The first-order chi connectivity index (χ1) is 11.6. The number of hydrogen-bond donors (Lipinski definition) is 0. The van der Waals surface area contributed by atoms with Crippen molar-refractivity contribution in [2.45, 2.75) is 12.8 Å². The summed E-state index contributed by atoms with van der Waals surface area (Å²) in [5, 5.41) is 0. The van der Waals surface area contributed by atoms with Gasteiger partial charge in [-0.05, 0) is 24.6 Å². The van der Waals surface area contributed by atoms with Gasteiger partial charge in [0.05, 0.1) is 27.8 Å². The summed E-state index contributed by atoms with van der Waals surface area (Å²) < 4.78 is 20.1. The highest BCUT2D eigenvalue weighted by molar-refractivity contribution is 5.95. The number of carbonyl (C=O) groups excluding carboxylic acids is 2. The molecule has 1 aromatic rings. The molecule has 0 N–H and O–H groups in total. The van der Waals surface area contributed by atoms with Gasteiger partial charge in [-0.1, -0.05) is 0 Å². The molecule has 1 rings (SSSR count). The molecular formula is C17H25NO6. The summed E-state index contributed by atoms with van der Waals surface area (Å²) in [6, 6.07) is 4.98. The maximum atomic E-state index is 12.7. The number of benzene rings is 1. The zero-order valence-corrected chi connectivity index (χ0v) is 14.7. The Morgan fingerprint density at radius 3 is 2.29 bits per heavy atom. The first-order valence-electron chi connectivity index (χ1n) is 7.64. The zero-order valence-electron chi connectivity index (χ0n) is 14.7. The van der Waals surface area contributed by atoms with Crippen LogP contribution in [-0.2, 0) is 14.3 Å². The highest BCUT2D eigenvalue weighted by Gasteiger charge is 2.18. The second-order valence-corrected chi connectivity index (χ2v) is 5.03. The van der Waals surface area contributed by atoms with E-state index in [2.05, 4.69) is 4.74 Å². The van der Waals surface area contributed by atoms with Gasteiger partial charge in [-0.15, -0.1) is 0 Å². The Labute approximate surface area is 142 Å². The van der Waals surface area contributed by atoms with E-state index >= 15 is 0 Å². The molecule has 1 amide bonds. The van der Waals surface area contributed by atoms with Gasteiger partial charge in [-0.2, -0.15) is 0 Å². The van der Waals surface area contributed by atoms with Gasteiger partial charge in [0.15, 0.2) is 11.5 Å². The van der Waals surface area contributed by atoms with Crippen LogP contribution in [0.5, 0.6) is 11.5 Å². The number of amides is 1. The van der Waals surface area contributed by atoms with Crippen LogP contribution in [-0.4, -0.2) is 64.9 Å². The second-order valence-electron chi connectivity index (χ2n) is 5.03. The average molecular weight is 339 g/mol. The van der Waals surface area contributed by atoms with Gasteiger partial charge < -0.3 is 23.8 Å². The van der Waals surface area contributed by atoms with E-state index in [1.165, 1.54) is 21.3 Å². The zero-order chi connectivity index (χ0) is 17.9. The molecular weight excluding hydrogens is 314 g/mol. The quantitative estimate of drug-likeness (QED) is 0.477. The van der Waals surface area contributed by atoms with Crippen LogP contribution in [0.4, 0.5) is 0 Å². The number of ether oxygens (including phenoxy) is 4. The van der Waals surface area contributed by atoms with Crippen molar-refractivity contribution < 1.29 is 28.5 Å². The Morgan fingerprint density at radius 1 is 1.00 bits per heavy atom. The van der Waals surface area contributed by atoms with Crippen molar-refractivity contribution in [1.29, 1.82) is 0 Å². The van der Waals surface area contributed by atoms with Crippen molar-refractivity contribution in [2.24, 2.45) is 0 Å². The average Bonchev–Trinajstić information content (AvgIpc) is 2.62. The molecule has 0 atom stereocenters. The Morgan fingerprint density at radius 2 is 1.71 bits per heavy atom. The lowest BCUT2D eigenvalue weighted by Crippen LogP contribution is -2.34. The molecule has 0 fully saturated rings. The van der Waals surface area contributed by atoms with E-state index in [9.17, 15) is 9.59 Å². The van der Waals surface area contributed by atoms with Crippen molar-refractivity contribution in [3.8, 4) is 11.5 Å². The van der Waals surface area contributed by atoms with Crippen LogP contribution in [0.1, 0.15) is 23.2 Å². The lowest BCUT2D eigenvalue weighted by molar-refractivity contribution is -0.140. The normalized spacial score (nSPS) is 10.2.